The molecule has 0 bridgehead atoms. The molecule has 0 saturated carbocycles. The molecule has 0 aliphatic rings. The highest BCUT2D eigenvalue weighted by Crippen LogP contribution is 2.16. The van der Waals surface area contributed by atoms with E-state index in [4.69, 9.17) is 4.74 Å². The Labute approximate surface area is 164 Å². The van der Waals surface area contributed by atoms with Gasteiger partial charge in [-0.3, -0.25) is 4.79 Å². The van der Waals surface area contributed by atoms with Gasteiger partial charge < -0.3 is 20.7 Å². The third-order valence-electron chi connectivity index (χ3n) is 4.03. The number of nitrogens with one attached hydrogen (secondary N) is 3. The fourth-order valence-electron chi connectivity index (χ4n) is 2.46. The van der Waals surface area contributed by atoms with Crippen molar-refractivity contribution in [1.29, 1.82) is 0 Å². The quantitative estimate of drug-likeness (QED) is 0.666. The van der Waals surface area contributed by atoms with E-state index in [1.54, 1.807) is 30.3 Å². The van der Waals surface area contributed by atoms with E-state index in [2.05, 4.69) is 16.0 Å². The minimum absolute atomic E-state index is 0.443. The number of aryl methyl sites for hydroxylation is 2. The first-order chi connectivity index (χ1) is 13.3. The summed E-state index contributed by atoms with van der Waals surface area (Å²) in [4.78, 5) is 36.4. The summed E-state index contributed by atoms with van der Waals surface area (Å²) in [5.74, 6) is -1.15. The van der Waals surface area contributed by atoms with Gasteiger partial charge in [-0.25, -0.2) is 9.59 Å². The summed E-state index contributed by atoms with van der Waals surface area (Å²) in [5, 5.41) is 7.83. The Hall–Kier alpha value is -3.35. The van der Waals surface area contributed by atoms with Crippen molar-refractivity contribution in [2.45, 2.75) is 39.8 Å². The average Bonchev–Trinajstić information content (AvgIpc) is 2.64. The largest absolute Gasteiger partial charge is 0.451 e. The molecule has 148 valence electrons. The molecule has 0 unspecified atom stereocenters. The van der Waals surface area contributed by atoms with Gasteiger partial charge in [0, 0.05) is 11.4 Å². The topological polar surface area (TPSA) is 96.5 Å². The number of urea groups is 1. The lowest BCUT2D eigenvalue weighted by atomic mass is 10.1. The molecule has 28 heavy (non-hydrogen) atoms. The fourth-order valence-corrected chi connectivity index (χ4v) is 2.46. The lowest BCUT2D eigenvalue weighted by molar-refractivity contribution is -0.154. The molecule has 2 aromatic carbocycles. The fraction of sp³-hybridized carbons (Fsp3) is 0.286. The molecule has 0 spiro atoms. The minimum Gasteiger partial charge on any atom is -0.451 e. The van der Waals surface area contributed by atoms with E-state index in [1.807, 2.05) is 32.0 Å². The minimum atomic E-state index is -1.00. The Kier molecular flexibility index (Phi) is 7.14. The van der Waals surface area contributed by atoms with Gasteiger partial charge in [-0.15, -0.1) is 0 Å². The zero-order valence-electron chi connectivity index (χ0n) is 16.4. The van der Waals surface area contributed by atoms with Gasteiger partial charge in [0.15, 0.2) is 6.10 Å². The Balaban J connectivity index is 1.84. The Morgan fingerprint density at radius 3 is 2.25 bits per heavy atom. The van der Waals surface area contributed by atoms with Gasteiger partial charge in [0.1, 0.15) is 6.04 Å². The highest BCUT2D eigenvalue weighted by Gasteiger charge is 2.23. The molecule has 2 aromatic rings. The number of anilines is 2. The van der Waals surface area contributed by atoms with Crippen LogP contribution < -0.4 is 16.0 Å². The molecule has 3 amide bonds. The molecule has 3 N–H and O–H groups in total. The molecule has 2 atom stereocenters. The number of amides is 3. The SMILES string of the molecule is Cc1ccc(NC(=O)[C@H](C)OC(=O)[C@H](C)NC(=O)Nc2ccccc2)c(C)c1. The predicted octanol–water partition coefficient (Wildman–Crippen LogP) is 3.38. The van der Waals surface area contributed by atoms with E-state index in [0.717, 1.165) is 11.1 Å². The first-order valence-corrected chi connectivity index (χ1v) is 8.97. The summed E-state index contributed by atoms with van der Waals surface area (Å²) in [5.41, 5.74) is 3.26. The molecule has 0 fully saturated rings. The Morgan fingerprint density at radius 2 is 1.61 bits per heavy atom. The van der Waals surface area contributed by atoms with Crippen molar-refractivity contribution in [3.8, 4) is 0 Å². The van der Waals surface area contributed by atoms with Crippen LogP contribution >= 0.6 is 0 Å². The lowest BCUT2D eigenvalue weighted by Gasteiger charge is -2.18. The van der Waals surface area contributed by atoms with E-state index >= 15 is 0 Å². The third-order valence-corrected chi connectivity index (χ3v) is 4.03. The highest BCUT2D eigenvalue weighted by atomic mass is 16.5. The van der Waals surface area contributed by atoms with Crippen molar-refractivity contribution in [2.75, 3.05) is 10.6 Å². The number of para-hydroxylation sites is 1. The van der Waals surface area contributed by atoms with Crippen LogP contribution in [0.15, 0.2) is 48.5 Å². The van der Waals surface area contributed by atoms with Gasteiger partial charge in [-0.1, -0.05) is 35.9 Å². The monoisotopic (exact) mass is 383 g/mol. The first kappa shape index (κ1) is 21.0. The van der Waals surface area contributed by atoms with Crippen molar-refractivity contribution >= 4 is 29.3 Å². The Bertz CT molecular complexity index is 852. The number of carbonyl (C=O) groups is 3. The summed E-state index contributed by atoms with van der Waals surface area (Å²) in [7, 11) is 0. The van der Waals surface area contributed by atoms with Crippen molar-refractivity contribution < 1.29 is 19.1 Å². The van der Waals surface area contributed by atoms with Gasteiger partial charge >= 0.3 is 12.0 Å². The van der Waals surface area contributed by atoms with E-state index in [9.17, 15) is 14.4 Å². The van der Waals surface area contributed by atoms with Crippen molar-refractivity contribution in [3.63, 3.8) is 0 Å². The predicted molar refractivity (Wildman–Crippen MR) is 108 cm³/mol. The second-order valence-electron chi connectivity index (χ2n) is 6.57. The molecule has 0 saturated heterocycles. The maximum atomic E-state index is 12.3. The lowest BCUT2D eigenvalue weighted by Crippen LogP contribution is -2.44. The standard InChI is InChI=1S/C21H25N3O4/c1-13-10-11-18(14(2)12-13)24-19(25)16(4)28-20(26)15(3)22-21(27)23-17-8-6-5-7-9-17/h5-12,15-16H,1-4H3,(H,24,25)(H2,22,23,27)/t15-,16-/m0/s1. The first-order valence-electron chi connectivity index (χ1n) is 8.97. The van der Waals surface area contributed by atoms with Crippen LogP contribution in [0, 0.1) is 13.8 Å². The molecule has 7 nitrogen and oxygen atoms in total. The van der Waals surface area contributed by atoms with Crippen LogP contribution in [-0.4, -0.2) is 30.1 Å². The smallest absolute Gasteiger partial charge is 0.329 e. The van der Waals surface area contributed by atoms with E-state index in [0.29, 0.717) is 11.4 Å². The molecule has 0 aliphatic heterocycles. The second kappa shape index (κ2) is 9.55. The molecule has 0 aromatic heterocycles. The maximum absolute atomic E-state index is 12.3. The summed E-state index contributed by atoms with van der Waals surface area (Å²) in [6, 6.07) is 13.0. The van der Waals surface area contributed by atoms with Crippen LogP contribution in [0.2, 0.25) is 0 Å². The van der Waals surface area contributed by atoms with Crippen molar-refractivity contribution in [1.82, 2.24) is 5.32 Å². The van der Waals surface area contributed by atoms with Crippen LogP contribution in [0.1, 0.15) is 25.0 Å². The molecule has 0 heterocycles. The van der Waals surface area contributed by atoms with Gasteiger partial charge in [-0.2, -0.15) is 0 Å². The summed E-state index contributed by atoms with van der Waals surface area (Å²) in [6.45, 7) is 6.82. The number of carbonyl (C=O) groups excluding carboxylic acids is 3. The molecular formula is C21H25N3O4. The number of hydrogen-bond acceptors (Lipinski definition) is 4. The summed E-state index contributed by atoms with van der Waals surface area (Å²) in [6.07, 6.45) is -1.00. The van der Waals surface area contributed by atoms with E-state index < -0.39 is 30.1 Å². The number of rotatable bonds is 6. The summed E-state index contributed by atoms with van der Waals surface area (Å²) >= 11 is 0. The van der Waals surface area contributed by atoms with E-state index in [1.165, 1.54) is 13.8 Å². The van der Waals surface area contributed by atoms with Crippen molar-refractivity contribution in [3.05, 3.63) is 59.7 Å². The second-order valence-corrected chi connectivity index (χ2v) is 6.57. The van der Waals surface area contributed by atoms with Gasteiger partial charge in [0.05, 0.1) is 0 Å². The Morgan fingerprint density at radius 1 is 0.929 bits per heavy atom. The van der Waals surface area contributed by atoms with Crippen LogP contribution in [0.25, 0.3) is 0 Å². The van der Waals surface area contributed by atoms with Crippen LogP contribution in [0.3, 0.4) is 0 Å². The van der Waals surface area contributed by atoms with Gasteiger partial charge in [0.25, 0.3) is 5.91 Å². The average molecular weight is 383 g/mol. The van der Waals surface area contributed by atoms with Crippen molar-refractivity contribution in [2.24, 2.45) is 0 Å². The highest BCUT2D eigenvalue weighted by molar-refractivity contribution is 5.96. The number of benzene rings is 2. The third kappa shape index (κ3) is 6.12. The van der Waals surface area contributed by atoms with E-state index in [-0.39, 0.29) is 0 Å². The normalized spacial score (nSPS) is 12.4. The molecule has 2 rings (SSSR count). The van der Waals surface area contributed by atoms with Gasteiger partial charge in [0.2, 0.25) is 0 Å². The molecule has 0 aliphatic carbocycles. The van der Waals surface area contributed by atoms with Gasteiger partial charge in [-0.05, 0) is 51.5 Å². The molecule has 0 radical (unpaired) electrons. The molecular weight excluding hydrogens is 358 g/mol. The van der Waals surface area contributed by atoms with Crippen LogP contribution in [-0.2, 0) is 14.3 Å². The zero-order valence-corrected chi connectivity index (χ0v) is 16.4. The number of esters is 1. The van der Waals surface area contributed by atoms with Crippen LogP contribution in [0.5, 0.6) is 0 Å². The van der Waals surface area contributed by atoms with Crippen LogP contribution in [0.4, 0.5) is 16.2 Å². The molecule has 7 heteroatoms. The number of hydrogen-bond donors (Lipinski definition) is 3. The summed E-state index contributed by atoms with van der Waals surface area (Å²) < 4.78 is 5.17. The zero-order chi connectivity index (χ0) is 20.7. The number of ether oxygens (including phenoxy) is 1. The maximum Gasteiger partial charge on any atom is 0.329 e.